The molecule has 3 nitrogen and oxygen atoms in total. The molecule has 0 atom stereocenters. The monoisotopic (exact) mass is 280 g/mol. The lowest BCUT2D eigenvalue weighted by molar-refractivity contribution is -0.126. The van der Waals surface area contributed by atoms with Crippen LogP contribution in [0, 0.1) is 11.8 Å². The van der Waals surface area contributed by atoms with Gasteiger partial charge in [-0.2, -0.15) is 0 Å². The van der Waals surface area contributed by atoms with Gasteiger partial charge >= 0.3 is 0 Å². The van der Waals surface area contributed by atoms with Crippen LogP contribution in [-0.4, -0.2) is 12.5 Å². The highest BCUT2D eigenvalue weighted by molar-refractivity contribution is 6.31. The lowest BCUT2D eigenvalue weighted by atomic mass is 9.81. The summed E-state index contributed by atoms with van der Waals surface area (Å²) in [6.07, 6.45) is 4.05. The summed E-state index contributed by atoms with van der Waals surface area (Å²) in [5.41, 5.74) is 6.63. The van der Waals surface area contributed by atoms with Gasteiger partial charge in [0.15, 0.2) is 0 Å². The fraction of sp³-hybridized carbons (Fsp3) is 0.533. The third kappa shape index (κ3) is 3.95. The molecule has 19 heavy (non-hydrogen) atoms. The van der Waals surface area contributed by atoms with Crippen LogP contribution in [0.2, 0.25) is 5.02 Å². The predicted octanol–water partition coefficient (Wildman–Crippen LogP) is 2.72. The normalized spacial score (nSPS) is 23.1. The Hall–Kier alpha value is -1.06. The summed E-state index contributed by atoms with van der Waals surface area (Å²) in [7, 11) is 0. The van der Waals surface area contributed by atoms with E-state index < -0.39 is 0 Å². The summed E-state index contributed by atoms with van der Waals surface area (Å²) in [6, 6.07) is 7.60. The number of benzene rings is 1. The van der Waals surface area contributed by atoms with E-state index in [4.69, 9.17) is 17.3 Å². The molecule has 0 spiro atoms. The molecule has 0 radical (unpaired) electrons. The van der Waals surface area contributed by atoms with E-state index in [2.05, 4.69) is 5.32 Å². The van der Waals surface area contributed by atoms with E-state index >= 15 is 0 Å². The van der Waals surface area contributed by atoms with E-state index in [0.29, 0.717) is 17.5 Å². The lowest BCUT2D eigenvalue weighted by Gasteiger charge is -2.26. The Labute approximate surface area is 119 Å². The minimum atomic E-state index is 0.144. The molecule has 4 heteroatoms. The molecule has 1 saturated carbocycles. The minimum absolute atomic E-state index is 0.144. The van der Waals surface area contributed by atoms with Gasteiger partial charge in [0.1, 0.15) is 0 Å². The molecule has 0 bridgehead atoms. The first-order valence-corrected chi connectivity index (χ1v) is 7.29. The van der Waals surface area contributed by atoms with E-state index in [1.165, 1.54) is 0 Å². The number of carbonyl (C=O) groups excluding carboxylic acids is 1. The fourth-order valence-corrected chi connectivity index (χ4v) is 2.83. The number of nitrogens with one attached hydrogen (secondary N) is 1. The van der Waals surface area contributed by atoms with Gasteiger partial charge in [-0.25, -0.2) is 0 Å². The van der Waals surface area contributed by atoms with Gasteiger partial charge in [0.25, 0.3) is 0 Å². The largest absolute Gasteiger partial charge is 0.352 e. The third-order valence-electron chi connectivity index (χ3n) is 3.96. The van der Waals surface area contributed by atoms with Crippen molar-refractivity contribution in [1.82, 2.24) is 5.32 Å². The Bertz CT molecular complexity index is 428. The van der Waals surface area contributed by atoms with E-state index in [1.807, 2.05) is 24.3 Å². The topological polar surface area (TPSA) is 55.1 Å². The number of rotatable bonds is 4. The van der Waals surface area contributed by atoms with Gasteiger partial charge in [-0.3, -0.25) is 4.79 Å². The quantitative estimate of drug-likeness (QED) is 0.891. The molecule has 1 aliphatic carbocycles. The summed E-state index contributed by atoms with van der Waals surface area (Å²) in [5, 5.41) is 3.69. The molecule has 1 aliphatic rings. The van der Waals surface area contributed by atoms with Crippen LogP contribution in [0.25, 0.3) is 0 Å². The van der Waals surface area contributed by atoms with E-state index in [1.54, 1.807) is 0 Å². The maximum Gasteiger partial charge on any atom is 0.223 e. The van der Waals surface area contributed by atoms with Crippen molar-refractivity contribution < 1.29 is 4.79 Å². The zero-order valence-electron chi connectivity index (χ0n) is 11.1. The van der Waals surface area contributed by atoms with Crippen molar-refractivity contribution >= 4 is 17.5 Å². The van der Waals surface area contributed by atoms with E-state index in [9.17, 15) is 4.79 Å². The molecule has 0 unspecified atom stereocenters. The molecular weight excluding hydrogens is 260 g/mol. The second-order valence-corrected chi connectivity index (χ2v) is 5.67. The fourth-order valence-electron chi connectivity index (χ4n) is 2.63. The van der Waals surface area contributed by atoms with Crippen LogP contribution >= 0.6 is 11.6 Å². The van der Waals surface area contributed by atoms with E-state index in [0.717, 1.165) is 37.8 Å². The van der Waals surface area contributed by atoms with Crippen LogP contribution in [-0.2, 0) is 11.3 Å². The Morgan fingerprint density at radius 2 is 1.95 bits per heavy atom. The molecule has 0 saturated heterocycles. The number of amides is 1. The van der Waals surface area contributed by atoms with Crippen molar-refractivity contribution in [3.05, 3.63) is 34.9 Å². The molecule has 3 N–H and O–H groups in total. The lowest BCUT2D eigenvalue weighted by Crippen LogP contribution is -2.34. The summed E-state index contributed by atoms with van der Waals surface area (Å²) >= 11 is 6.07. The molecule has 0 aliphatic heterocycles. The molecule has 2 rings (SSSR count). The summed E-state index contributed by atoms with van der Waals surface area (Å²) in [4.78, 5) is 12.1. The number of hydrogen-bond donors (Lipinski definition) is 2. The van der Waals surface area contributed by atoms with Crippen molar-refractivity contribution in [2.24, 2.45) is 17.6 Å². The van der Waals surface area contributed by atoms with Crippen molar-refractivity contribution in [2.45, 2.75) is 32.2 Å². The highest BCUT2D eigenvalue weighted by Crippen LogP contribution is 2.28. The van der Waals surface area contributed by atoms with Gasteiger partial charge in [0, 0.05) is 17.5 Å². The molecule has 1 aromatic rings. The van der Waals surface area contributed by atoms with Gasteiger partial charge in [0.05, 0.1) is 0 Å². The van der Waals surface area contributed by atoms with Crippen molar-refractivity contribution in [2.75, 3.05) is 6.54 Å². The van der Waals surface area contributed by atoms with Crippen LogP contribution in [0.1, 0.15) is 31.2 Å². The number of carbonyl (C=O) groups is 1. The summed E-state index contributed by atoms with van der Waals surface area (Å²) < 4.78 is 0. The molecule has 104 valence electrons. The molecule has 0 aromatic heterocycles. The molecule has 1 fully saturated rings. The third-order valence-corrected chi connectivity index (χ3v) is 4.33. The number of halogens is 1. The SMILES string of the molecule is NCC1CCC(C(=O)NCc2ccccc2Cl)CC1. The second-order valence-electron chi connectivity index (χ2n) is 5.26. The van der Waals surface area contributed by atoms with E-state index in [-0.39, 0.29) is 11.8 Å². The maximum absolute atomic E-state index is 12.1. The van der Waals surface area contributed by atoms with Crippen molar-refractivity contribution in [3.8, 4) is 0 Å². The average molecular weight is 281 g/mol. The maximum atomic E-state index is 12.1. The molecule has 0 heterocycles. The first-order chi connectivity index (χ1) is 9.20. The highest BCUT2D eigenvalue weighted by atomic mass is 35.5. The number of nitrogens with two attached hydrogens (primary N) is 1. The van der Waals surface area contributed by atoms with Gasteiger partial charge < -0.3 is 11.1 Å². The van der Waals surface area contributed by atoms with Crippen LogP contribution in [0.4, 0.5) is 0 Å². The van der Waals surface area contributed by atoms with Crippen LogP contribution in [0.3, 0.4) is 0 Å². The smallest absolute Gasteiger partial charge is 0.223 e. The van der Waals surface area contributed by atoms with Crippen molar-refractivity contribution in [3.63, 3.8) is 0 Å². The van der Waals surface area contributed by atoms with Crippen molar-refractivity contribution in [1.29, 1.82) is 0 Å². The first-order valence-electron chi connectivity index (χ1n) is 6.92. The van der Waals surface area contributed by atoms with Gasteiger partial charge in [-0.15, -0.1) is 0 Å². The van der Waals surface area contributed by atoms with Crippen LogP contribution < -0.4 is 11.1 Å². The Kier molecular flexibility index (Phi) is 5.23. The first kappa shape index (κ1) is 14.4. The van der Waals surface area contributed by atoms with Gasteiger partial charge in [-0.05, 0) is 49.8 Å². The molecular formula is C15H21ClN2O. The predicted molar refractivity (Wildman–Crippen MR) is 77.8 cm³/mol. The second kappa shape index (κ2) is 6.92. The standard InChI is InChI=1S/C15H21ClN2O/c16-14-4-2-1-3-13(14)10-18-15(19)12-7-5-11(9-17)6-8-12/h1-4,11-12H,5-10,17H2,(H,18,19). The molecule has 1 aromatic carbocycles. The van der Waals surface area contributed by atoms with Gasteiger partial charge in [-0.1, -0.05) is 29.8 Å². The minimum Gasteiger partial charge on any atom is -0.352 e. The summed E-state index contributed by atoms with van der Waals surface area (Å²) in [6.45, 7) is 1.25. The van der Waals surface area contributed by atoms with Crippen LogP contribution in [0.5, 0.6) is 0 Å². The Balaban J connectivity index is 1.81. The zero-order valence-corrected chi connectivity index (χ0v) is 11.8. The average Bonchev–Trinajstić information content (AvgIpc) is 2.46. The number of hydrogen-bond acceptors (Lipinski definition) is 2. The van der Waals surface area contributed by atoms with Crippen LogP contribution in [0.15, 0.2) is 24.3 Å². The zero-order chi connectivity index (χ0) is 13.7. The van der Waals surface area contributed by atoms with Gasteiger partial charge in [0.2, 0.25) is 5.91 Å². The Morgan fingerprint density at radius 3 is 2.58 bits per heavy atom. The highest BCUT2D eigenvalue weighted by Gasteiger charge is 2.25. The summed E-state index contributed by atoms with van der Waals surface area (Å²) in [5.74, 6) is 0.897. The Morgan fingerprint density at radius 1 is 1.26 bits per heavy atom. The molecule has 1 amide bonds.